The van der Waals surface area contributed by atoms with Crippen molar-refractivity contribution in [2.75, 3.05) is 32.8 Å². The number of nitrogens with two attached hydrogens (primary N) is 1. The highest BCUT2D eigenvalue weighted by molar-refractivity contribution is 5.74. The van der Waals surface area contributed by atoms with E-state index >= 15 is 0 Å². The van der Waals surface area contributed by atoms with Gasteiger partial charge in [0.1, 0.15) is 6.61 Å². The van der Waals surface area contributed by atoms with Gasteiger partial charge in [0.15, 0.2) is 0 Å². The molecule has 0 spiro atoms. The summed E-state index contributed by atoms with van der Waals surface area (Å²) in [7, 11) is 0. The summed E-state index contributed by atoms with van der Waals surface area (Å²) >= 11 is 0. The number of rotatable bonds is 5. The van der Waals surface area contributed by atoms with E-state index in [-0.39, 0.29) is 25.3 Å². The molecule has 1 rings (SSSR count). The Hall–Kier alpha value is -1.34. The Balaban J connectivity index is 2.10. The molecule has 7 heteroatoms. The smallest absolute Gasteiger partial charge is 0.329 e. The molecule has 0 aliphatic carbocycles. The van der Waals surface area contributed by atoms with Gasteiger partial charge in [-0.25, -0.2) is 9.59 Å². The van der Waals surface area contributed by atoms with Gasteiger partial charge in [-0.2, -0.15) is 0 Å². The average molecular weight is 245 g/mol. The summed E-state index contributed by atoms with van der Waals surface area (Å²) in [6.45, 7) is 1.44. The standard InChI is InChI=1S/C10H19N3O4/c11-8-2-1-4-13(6-8)10(16)12-3-5-17-7-9(14)15/h8H,1-7,11H2,(H,12,16)(H,14,15). The van der Waals surface area contributed by atoms with Gasteiger partial charge in [-0.1, -0.05) is 0 Å². The molecule has 1 atom stereocenters. The summed E-state index contributed by atoms with van der Waals surface area (Å²) in [6, 6.07) is -0.114. The van der Waals surface area contributed by atoms with E-state index in [9.17, 15) is 9.59 Å². The first-order valence-electron chi connectivity index (χ1n) is 5.67. The molecule has 0 aromatic rings. The number of likely N-dealkylation sites (tertiary alicyclic amines) is 1. The lowest BCUT2D eigenvalue weighted by atomic mass is 10.1. The Morgan fingerprint density at radius 1 is 1.53 bits per heavy atom. The van der Waals surface area contributed by atoms with Crippen LogP contribution in [-0.2, 0) is 9.53 Å². The molecule has 1 aliphatic heterocycles. The summed E-state index contributed by atoms with van der Waals surface area (Å²) in [6.07, 6.45) is 1.87. The summed E-state index contributed by atoms with van der Waals surface area (Å²) < 4.78 is 4.80. The van der Waals surface area contributed by atoms with Crippen LogP contribution in [0.2, 0.25) is 0 Å². The number of urea groups is 1. The SMILES string of the molecule is NC1CCCN(C(=O)NCCOCC(=O)O)C1. The number of ether oxygens (including phenoxy) is 1. The van der Waals surface area contributed by atoms with Crippen LogP contribution in [0.4, 0.5) is 4.79 Å². The van der Waals surface area contributed by atoms with E-state index in [2.05, 4.69) is 5.32 Å². The minimum absolute atomic E-state index is 0.0535. The molecule has 98 valence electrons. The van der Waals surface area contributed by atoms with Gasteiger partial charge in [-0.15, -0.1) is 0 Å². The zero-order chi connectivity index (χ0) is 12.7. The highest BCUT2D eigenvalue weighted by atomic mass is 16.5. The summed E-state index contributed by atoms with van der Waals surface area (Å²) in [5.41, 5.74) is 5.76. The molecule has 17 heavy (non-hydrogen) atoms. The number of nitrogens with one attached hydrogen (secondary N) is 1. The van der Waals surface area contributed by atoms with Crippen LogP contribution in [-0.4, -0.2) is 60.9 Å². The van der Waals surface area contributed by atoms with Gasteiger partial charge in [0.25, 0.3) is 0 Å². The monoisotopic (exact) mass is 245 g/mol. The molecule has 4 N–H and O–H groups in total. The number of hydrogen-bond donors (Lipinski definition) is 3. The molecule has 0 aromatic carbocycles. The lowest BCUT2D eigenvalue weighted by molar-refractivity contribution is -0.142. The van der Waals surface area contributed by atoms with Crippen molar-refractivity contribution in [3.05, 3.63) is 0 Å². The largest absolute Gasteiger partial charge is 0.480 e. The van der Waals surface area contributed by atoms with Gasteiger partial charge in [0.2, 0.25) is 0 Å². The third-order valence-electron chi connectivity index (χ3n) is 2.49. The van der Waals surface area contributed by atoms with E-state index in [0.717, 1.165) is 19.4 Å². The van der Waals surface area contributed by atoms with Crippen LogP contribution in [0.3, 0.4) is 0 Å². The van der Waals surface area contributed by atoms with Crippen molar-refractivity contribution in [1.82, 2.24) is 10.2 Å². The lowest BCUT2D eigenvalue weighted by Crippen LogP contribution is -2.50. The molecule has 1 fully saturated rings. The zero-order valence-corrected chi connectivity index (χ0v) is 9.72. The van der Waals surface area contributed by atoms with Gasteiger partial charge in [0.05, 0.1) is 6.61 Å². The molecular weight excluding hydrogens is 226 g/mol. The maximum Gasteiger partial charge on any atom is 0.329 e. The predicted molar refractivity (Wildman–Crippen MR) is 60.6 cm³/mol. The third kappa shape index (κ3) is 5.50. The lowest BCUT2D eigenvalue weighted by Gasteiger charge is -2.30. The molecule has 0 radical (unpaired) electrons. The number of carboxylic acids is 1. The Morgan fingerprint density at radius 3 is 2.94 bits per heavy atom. The number of carbonyl (C=O) groups excluding carboxylic acids is 1. The highest BCUT2D eigenvalue weighted by Gasteiger charge is 2.20. The number of aliphatic carboxylic acids is 1. The van der Waals surface area contributed by atoms with Crippen molar-refractivity contribution in [3.8, 4) is 0 Å². The number of nitrogens with zero attached hydrogens (tertiary/aromatic N) is 1. The molecule has 1 unspecified atom stereocenters. The topological polar surface area (TPSA) is 105 Å². The van der Waals surface area contributed by atoms with Crippen LogP contribution in [0.1, 0.15) is 12.8 Å². The van der Waals surface area contributed by atoms with Crippen LogP contribution in [0.5, 0.6) is 0 Å². The van der Waals surface area contributed by atoms with E-state index < -0.39 is 5.97 Å². The maximum atomic E-state index is 11.6. The molecule has 7 nitrogen and oxygen atoms in total. The number of carbonyl (C=O) groups is 2. The molecule has 1 heterocycles. The fraction of sp³-hybridized carbons (Fsp3) is 0.800. The van der Waals surface area contributed by atoms with Crippen LogP contribution in [0.15, 0.2) is 0 Å². The molecule has 2 amide bonds. The van der Waals surface area contributed by atoms with Crippen molar-refractivity contribution in [2.45, 2.75) is 18.9 Å². The van der Waals surface area contributed by atoms with Crippen LogP contribution < -0.4 is 11.1 Å². The van der Waals surface area contributed by atoms with Gasteiger partial charge in [-0.05, 0) is 12.8 Å². The van der Waals surface area contributed by atoms with Crippen molar-refractivity contribution in [3.63, 3.8) is 0 Å². The van der Waals surface area contributed by atoms with E-state index in [1.165, 1.54) is 0 Å². The van der Waals surface area contributed by atoms with E-state index in [1.54, 1.807) is 4.90 Å². The molecule has 0 aromatic heterocycles. The second-order valence-corrected chi connectivity index (χ2v) is 4.03. The van der Waals surface area contributed by atoms with Crippen molar-refractivity contribution < 1.29 is 19.4 Å². The Bertz CT molecular complexity index is 272. The molecule has 1 saturated heterocycles. The molecule has 0 bridgehead atoms. The fourth-order valence-corrected chi connectivity index (χ4v) is 1.70. The quantitative estimate of drug-likeness (QED) is 0.551. The molecule has 1 aliphatic rings. The summed E-state index contributed by atoms with van der Waals surface area (Å²) in [5, 5.41) is 11.0. The minimum atomic E-state index is -1.02. The third-order valence-corrected chi connectivity index (χ3v) is 2.49. The average Bonchev–Trinajstić information content (AvgIpc) is 2.28. The predicted octanol–water partition coefficient (Wildman–Crippen LogP) is -0.780. The second-order valence-electron chi connectivity index (χ2n) is 4.03. The molecular formula is C10H19N3O4. The summed E-state index contributed by atoms with van der Waals surface area (Å²) in [5.74, 6) is -1.02. The van der Waals surface area contributed by atoms with Gasteiger partial charge >= 0.3 is 12.0 Å². The maximum absolute atomic E-state index is 11.6. The fourth-order valence-electron chi connectivity index (χ4n) is 1.70. The van der Waals surface area contributed by atoms with Crippen LogP contribution >= 0.6 is 0 Å². The number of carboxylic acid groups (broad SMARTS) is 1. The number of amides is 2. The normalized spacial score (nSPS) is 20.1. The van der Waals surface area contributed by atoms with Gasteiger partial charge < -0.3 is 25.8 Å². The first kappa shape index (κ1) is 13.7. The van der Waals surface area contributed by atoms with Crippen molar-refractivity contribution >= 4 is 12.0 Å². The second kappa shape index (κ2) is 7.08. The van der Waals surface area contributed by atoms with Crippen molar-refractivity contribution in [1.29, 1.82) is 0 Å². The number of hydrogen-bond acceptors (Lipinski definition) is 4. The van der Waals surface area contributed by atoms with Crippen LogP contribution in [0.25, 0.3) is 0 Å². The number of piperidine rings is 1. The first-order chi connectivity index (χ1) is 8.09. The van der Waals surface area contributed by atoms with Gasteiger partial charge in [-0.3, -0.25) is 0 Å². The van der Waals surface area contributed by atoms with E-state index in [0.29, 0.717) is 13.1 Å². The van der Waals surface area contributed by atoms with Crippen LogP contribution in [0, 0.1) is 0 Å². The summed E-state index contributed by atoms with van der Waals surface area (Å²) in [4.78, 5) is 23.4. The van der Waals surface area contributed by atoms with E-state index in [4.69, 9.17) is 15.6 Å². The Morgan fingerprint density at radius 2 is 2.29 bits per heavy atom. The van der Waals surface area contributed by atoms with Gasteiger partial charge in [0, 0.05) is 25.7 Å². The zero-order valence-electron chi connectivity index (χ0n) is 9.72. The Labute approximate surface area is 99.9 Å². The Kier molecular flexibility index (Phi) is 5.71. The highest BCUT2D eigenvalue weighted by Crippen LogP contribution is 2.07. The first-order valence-corrected chi connectivity index (χ1v) is 5.67. The minimum Gasteiger partial charge on any atom is -0.480 e. The molecule has 0 saturated carbocycles. The van der Waals surface area contributed by atoms with E-state index in [1.807, 2.05) is 0 Å². The van der Waals surface area contributed by atoms with Crippen molar-refractivity contribution in [2.24, 2.45) is 5.73 Å².